The van der Waals surface area contributed by atoms with Gasteiger partial charge in [-0.15, -0.1) is 0 Å². The van der Waals surface area contributed by atoms with Gasteiger partial charge in [0.15, 0.2) is 0 Å². The van der Waals surface area contributed by atoms with Crippen LogP contribution < -0.4 is 10.9 Å². The Kier molecular flexibility index (Phi) is 4.95. The molecule has 0 atom stereocenters. The van der Waals surface area contributed by atoms with Gasteiger partial charge in [0, 0.05) is 36.6 Å². The van der Waals surface area contributed by atoms with Gasteiger partial charge in [-0.1, -0.05) is 35.4 Å². The van der Waals surface area contributed by atoms with Crippen LogP contribution in [0, 0.1) is 0 Å². The van der Waals surface area contributed by atoms with Crippen molar-refractivity contribution in [2.24, 2.45) is 0 Å². The number of aromatic nitrogens is 3. The maximum atomic E-state index is 13.0. The molecule has 7 heteroatoms. The third-order valence-electron chi connectivity index (χ3n) is 3.98. The van der Waals surface area contributed by atoms with Gasteiger partial charge in [0.2, 0.25) is 5.65 Å². The van der Waals surface area contributed by atoms with E-state index < -0.39 is 0 Å². The first kappa shape index (κ1) is 17.9. The van der Waals surface area contributed by atoms with E-state index in [0.29, 0.717) is 17.3 Å². The second-order valence-electron chi connectivity index (χ2n) is 6.16. The summed E-state index contributed by atoms with van der Waals surface area (Å²) in [7, 11) is 1.52. The largest absolute Gasteiger partial charge is 0.354 e. The lowest BCUT2D eigenvalue weighted by atomic mass is 10.1. The molecule has 2 aromatic heterocycles. The molecule has 3 rings (SSSR count). The SMILES string of the molecule is CNC(=O)c1cn2cc(-c3cccc(Cl)c3)n(CC=C(C)C)c(=O)c2n1. The van der Waals surface area contributed by atoms with E-state index in [1.807, 2.05) is 32.1 Å². The number of imidazole rings is 1. The zero-order valence-corrected chi connectivity index (χ0v) is 15.5. The molecule has 1 amide bonds. The number of carbonyl (C=O) groups excluding carboxylic acids is 1. The van der Waals surface area contributed by atoms with Crippen LogP contribution in [-0.4, -0.2) is 26.9 Å². The summed E-state index contributed by atoms with van der Waals surface area (Å²) in [5.41, 5.74) is 2.74. The molecule has 6 nitrogen and oxygen atoms in total. The van der Waals surface area contributed by atoms with Crippen LogP contribution in [-0.2, 0) is 6.54 Å². The summed E-state index contributed by atoms with van der Waals surface area (Å²) in [5.74, 6) is -0.340. The van der Waals surface area contributed by atoms with Crippen molar-refractivity contribution in [1.29, 1.82) is 0 Å². The van der Waals surface area contributed by atoms with Crippen LogP contribution in [0.1, 0.15) is 24.3 Å². The quantitative estimate of drug-likeness (QED) is 0.717. The lowest BCUT2D eigenvalue weighted by Gasteiger charge is -2.12. The number of nitrogens with one attached hydrogen (secondary N) is 1. The van der Waals surface area contributed by atoms with E-state index in [9.17, 15) is 9.59 Å². The zero-order valence-electron chi connectivity index (χ0n) is 14.8. The molecule has 0 spiro atoms. The highest BCUT2D eigenvalue weighted by Crippen LogP contribution is 2.22. The van der Waals surface area contributed by atoms with Gasteiger partial charge in [-0.05, 0) is 26.0 Å². The van der Waals surface area contributed by atoms with E-state index in [0.717, 1.165) is 11.1 Å². The molecule has 1 N–H and O–H groups in total. The van der Waals surface area contributed by atoms with E-state index in [-0.39, 0.29) is 22.8 Å². The lowest BCUT2D eigenvalue weighted by Crippen LogP contribution is -2.24. The normalized spacial score (nSPS) is 10.8. The van der Waals surface area contributed by atoms with Crippen LogP contribution >= 0.6 is 11.6 Å². The van der Waals surface area contributed by atoms with Crippen molar-refractivity contribution in [2.45, 2.75) is 20.4 Å². The molecule has 1 aromatic carbocycles. The molecule has 3 aromatic rings. The molecule has 0 bridgehead atoms. The summed E-state index contributed by atoms with van der Waals surface area (Å²) in [6.07, 6.45) is 5.31. The Balaban J connectivity index is 2.29. The topological polar surface area (TPSA) is 68.4 Å². The van der Waals surface area contributed by atoms with Gasteiger partial charge >= 0.3 is 0 Å². The average molecular weight is 371 g/mol. The van der Waals surface area contributed by atoms with Crippen molar-refractivity contribution >= 4 is 23.2 Å². The summed E-state index contributed by atoms with van der Waals surface area (Å²) in [6.45, 7) is 4.35. The molecule has 0 aliphatic carbocycles. The van der Waals surface area contributed by atoms with Gasteiger partial charge in [0.1, 0.15) is 5.69 Å². The predicted molar refractivity (Wildman–Crippen MR) is 103 cm³/mol. The molecule has 0 saturated carbocycles. The summed E-state index contributed by atoms with van der Waals surface area (Å²) < 4.78 is 3.22. The maximum Gasteiger partial charge on any atom is 0.295 e. The fraction of sp³-hybridized carbons (Fsp3) is 0.211. The molecule has 0 unspecified atom stereocenters. The highest BCUT2D eigenvalue weighted by atomic mass is 35.5. The minimum absolute atomic E-state index is 0.196. The van der Waals surface area contributed by atoms with Crippen LogP contribution in [0.2, 0.25) is 5.02 Å². The average Bonchev–Trinajstić information content (AvgIpc) is 3.04. The molecule has 2 heterocycles. The fourth-order valence-electron chi connectivity index (χ4n) is 2.65. The Bertz CT molecular complexity index is 1070. The Morgan fingerprint density at radius 1 is 1.31 bits per heavy atom. The molecule has 134 valence electrons. The summed E-state index contributed by atoms with van der Waals surface area (Å²) in [5, 5.41) is 3.10. The first-order valence-corrected chi connectivity index (χ1v) is 8.52. The number of fused-ring (bicyclic) bond motifs is 1. The Morgan fingerprint density at radius 3 is 2.73 bits per heavy atom. The van der Waals surface area contributed by atoms with Gasteiger partial charge in [-0.3, -0.25) is 18.6 Å². The smallest absolute Gasteiger partial charge is 0.295 e. The Labute approximate surface area is 155 Å². The van der Waals surface area contributed by atoms with Crippen molar-refractivity contribution in [3.05, 3.63) is 69.4 Å². The summed E-state index contributed by atoms with van der Waals surface area (Å²) >= 11 is 6.13. The van der Waals surface area contributed by atoms with Crippen LogP contribution in [0.5, 0.6) is 0 Å². The summed E-state index contributed by atoms with van der Waals surface area (Å²) in [4.78, 5) is 29.1. The van der Waals surface area contributed by atoms with E-state index in [1.165, 1.54) is 7.05 Å². The van der Waals surface area contributed by atoms with Crippen molar-refractivity contribution in [3.63, 3.8) is 0 Å². The van der Waals surface area contributed by atoms with Crippen molar-refractivity contribution < 1.29 is 4.79 Å². The van der Waals surface area contributed by atoms with Gasteiger partial charge in [-0.25, -0.2) is 4.98 Å². The molecular formula is C19H19ClN4O2. The van der Waals surface area contributed by atoms with Gasteiger partial charge in [-0.2, -0.15) is 0 Å². The lowest BCUT2D eigenvalue weighted by molar-refractivity contribution is 0.0959. The number of hydrogen-bond donors (Lipinski definition) is 1. The highest BCUT2D eigenvalue weighted by Gasteiger charge is 2.16. The number of hydrogen-bond acceptors (Lipinski definition) is 3. The third-order valence-corrected chi connectivity index (χ3v) is 4.22. The first-order chi connectivity index (χ1) is 12.4. The van der Waals surface area contributed by atoms with Crippen molar-refractivity contribution in [3.8, 4) is 11.3 Å². The predicted octanol–water partition coefficient (Wildman–Crippen LogP) is 3.14. The number of benzene rings is 1. The van der Waals surface area contributed by atoms with E-state index in [1.54, 1.807) is 33.5 Å². The van der Waals surface area contributed by atoms with Crippen LogP contribution in [0.4, 0.5) is 0 Å². The molecule has 0 fully saturated rings. The third kappa shape index (κ3) is 3.41. The molecule has 0 aliphatic heterocycles. The minimum atomic E-state index is -0.340. The molecule has 0 aliphatic rings. The number of carbonyl (C=O) groups is 1. The van der Waals surface area contributed by atoms with Crippen LogP contribution in [0.25, 0.3) is 16.9 Å². The molecule has 26 heavy (non-hydrogen) atoms. The van der Waals surface area contributed by atoms with E-state index in [2.05, 4.69) is 10.3 Å². The van der Waals surface area contributed by atoms with Crippen LogP contribution in [0.3, 0.4) is 0 Å². The van der Waals surface area contributed by atoms with Gasteiger partial charge in [0.25, 0.3) is 11.5 Å². The second kappa shape index (κ2) is 7.17. The zero-order chi connectivity index (χ0) is 18.8. The standard InChI is InChI=1S/C19H19ClN4O2/c1-12(2)7-8-24-16(13-5-4-6-14(20)9-13)11-23-10-15(18(25)21-3)22-17(23)19(24)26/h4-7,9-11H,8H2,1-3H3,(H,21,25). The number of rotatable bonds is 4. The number of amides is 1. The van der Waals surface area contributed by atoms with E-state index >= 15 is 0 Å². The molecule has 0 saturated heterocycles. The maximum absolute atomic E-state index is 13.0. The summed E-state index contributed by atoms with van der Waals surface area (Å²) in [6, 6.07) is 7.31. The van der Waals surface area contributed by atoms with Gasteiger partial charge in [0.05, 0.1) is 5.69 Å². The van der Waals surface area contributed by atoms with Gasteiger partial charge < -0.3 is 5.32 Å². The number of halogens is 1. The monoisotopic (exact) mass is 370 g/mol. The Hall–Kier alpha value is -2.86. The van der Waals surface area contributed by atoms with Crippen molar-refractivity contribution in [1.82, 2.24) is 19.3 Å². The van der Waals surface area contributed by atoms with Crippen molar-refractivity contribution in [2.75, 3.05) is 7.05 Å². The highest BCUT2D eigenvalue weighted by molar-refractivity contribution is 6.30. The molecular weight excluding hydrogens is 352 g/mol. The van der Waals surface area contributed by atoms with E-state index in [4.69, 9.17) is 11.6 Å². The number of nitrogens with zero attached hydrogens (tertiary/aromatic N) is 3. The second-order valence-corrected chi connectivity index (χ2v) is 6.59. The Morgan fingerprint density at radius 2 is 2.08 bits per heavy atom. The fourth-order valence-corrected chi connectivity index (χ4v) is 2.84. The first-order valence-electron chi connectivity index (χ1n) is 8.14. The minimum Gasteiger partial charge on any atom is -0.354 e. The molecule has 0 radical (unpaired) electrons. The number of allylic oxidation sites excluding steroid dienone is 2. The van der Waals surface area contributed by atoms with Crippen LogP contribution in [0.15, 0.2) is 53.1 Å².